The molecule has 1 atom stereocenters. The molecule has 3 aromatic rings. The Morgan fingerprint density at radius 1 is 1.24 bits per heavy atom. The van der Waals surface area contributed by atoms with Crippen LogP contribution >= 0.6 is 11.6 Å². The highest BCUT2D eigenvalue weighted by Gasteiger charge is 2.25. The molecule has 0 bridgehead atoms. The van der Waals surface area contributed by atoms with Gasteiger partial charge in [-0.05, 0) is 62.2 Å². The Kier molecular flexibility index (Phi) is 4.40. The molecule has 0 saturated heterocycles. The van der Waals surface area contributed by atoms with Crippen molar-refractivity contribution in [2.24, 2.45) is 0 Å². The minimum Gasteiger partial charge on any atom is -0.306 e. The third-order valence-electron chi connectivity index (χ3n) is 5.24. The summed E-state index contributed by atoms with van der Waals surface area (Å²) < 4.78 is 1.90. The van der Waals surface area contributed by atoms with Crippen molar-refractivity contribution in [3.05, 3.63) is 69.1 Å². The molecule has 1 aliphatic rings. The molecule has 0 fully saturated rings. The van der Waals surface area contributed by atoms with Crippen LogP contribution in [0.4, 0.5) is 0 Å². The molecule has 1 aromatic heterocycles. The van der Waals surface area contributed by atoms with Crippen LogP contribution in [0.1, 0.15) is 17.5 Å². The third-order valence-corrected chi connectivity index (χ3v) is 5.49. The molecule has 0 aliphatic carbocycles. The van der Waals surface area contributed by atoms with Gasteiger partial charge in [0.2, 0.25) is 0 Å². The van der Waals surface area contributed by atoms with E-state index in [0.29, 0.717) is 6.04 Å². The van der Waals surface area contributed by atoms with Crippen LogP contribution in [0.3, 0.4) is 0 Å². The maximum atomic E-state index is 12.2. The van der Waals surface area contributed by atoms with E-state index < -0.39 is 0 Å². The lowest BCUT2D eigenvalue weighted by Gasteiger charge is -2.31. The third kappa shape index (κ3) is 3.24. The number of aryl methyl sites for hydroxylation is 1. The quantitative estimate of drug-likeness (QED) is 0.761. The van der Waals surface area contributed by atoms with Crippen LogP contribution in [-0.4, -0.2) is 34.1 Å². The van der Waals surface area contributed by atoms with Gasteiger partial charge >= 0.3 is 5.69 Å². The molecule has 4 nitrogen and oxygen atoms in total. The highest BCUT2D eigenvalue weighted by molar-refractivity contribution is 6.30. The van der Waals surface area contributed by atoms with E-state index in [1.807, 2.05) is 28.8 Å². The lowest BCUT2D eigenvalue weighted by atomic mass is 9.99. The molecule has 1 N–H and O–H groups in total. The molecule has 25 heavy (non-hydrogen) atoms. The van der Waals surface area contributed by atoms with Crippen molar-refractivity contribution >= 4 is 22.6 Å². The molecule has 0 amide bonds. The number of aromatic amines is 1. The molecule has 4 rings (SSSR count). The number of nitrogens with zero attached hydrogens (tertiary/aromatic N) is 2. The summed E-state index contributed by atoms with van der Waals surface area (Å²) in [6.45, 7) is 1.77. The van der Waals surface area contributed by atoms with Crippen molar-refractivity contribution in [3.8, 4) is 0 Å². The minimum absolute atomic E-state index is 0.00159. The normalized spacial score (nSPS) is 16.7. The second-order valence-corrected chi connectivity index (χ2v) is 7.36. The average Bonchev–Trinajstić information content (AvgIpc) is 2.94. The average molecular weight is 356 g/mol. The lowest BCUT2D eigenvalue weighted by molar-refractivity contribution is 0.211. The number of aromatic nitrogens is 2. The number of nitrogens with one attached hydrogen (secondary N) is 1. The number of H-pyrrole nitrogens is 1. The maximum absolute atomic E-state index is 12.2. The van der Waals surface area contributed by atoms with Crippen LogP contribution in [0.25, 0.3) is 11.0 Å². The number of hydrogen-bond acceptors (Lipinski definition) is 2. The fourth-order valence-electron chi connectivity index (χ4n) is 3.82. The van der Waals surface area contributed by atoms with E-state index in [4.69, 9.17) is 11.6 Å². The topological polar surface area (TPSA) is 41.0 Å². The maximum Gasteiger partial charge on any atom is 0.326 e. The summed E-state index contributed by atoms with van der Waals surface area (Å²) in [5.41, 5.74) is 4.61. The van der Waals surface area contributed by atoms with Gasteiger partial charge in [0.15, 0.2) is 0 Å². The first kappa shape index (κ1) is 16.4. The van der Waals surface area contributed by atoms with E-state index in [1.54, 1.807) is 0 Å². The van der Waals surface area contributed by atoms with Crippen LogP contribution < -0.4 is 5.69 Å². The van der Waals surface area contributed by atoms with E-state index >= 15 is 0 Å². The molecular weight excluding hydrogens is 334 g/mol. The van der Waals surface area contributed by atoms with Gasteiger partial charge in [-0.15, -0.1) is 0 Å². The number of hydrogen-bond donors (Lipinski definition) is 1. The van der Waals surface area contributed by atoms with Gasteiger partial charge in [0.05, 0.1) is 11.0 Å². The molecule has 2 aromatic carbocycles. The molecule has 130 valence electrons. The van der Waals surface area contributed by atoms with Crippen molar-refractivity contribution in [1.29, 1.82) is 0 Å². The summed E-state index contributed by atoms with van der Waals surface area (Å²) in [4.78, 5) is 17.6. The molecule has 5 heteroatoms. The SMILES string of the molecule is CN(CCCc1ccc(Cl)cc1)[C@@H]1Cc2cccc3[nH]c(=O)n(c23)C1. The second-order valence-electron chi connectivity index (χ2n) is 6.92. The van der Waals surface area contributed by atoms with Crippen LogP contribution in [-0.2, 0) is 19.4 Å². The molecule has 2 heterocycles. The molecule has 0 unspecified atom stereocenters. The van der Waals surface area contributed by atoms with Gasteiger partial charge in [-0.25, -0.2) is 4.79 Å². The summed E-state index contributed by atoms with van der Waals surface area (Å²) in [6.07, 6.45) is 3.12. The Morgan fingerprint density at radius 3 is 2.84 bits per heavy atom. The highest BCUT2D eigenvalue weighted by atomic mass is 35.5. The van der Waals surface area contributed by atoms with Gasteiger partial charge < -0.3 is 9.88 Å². The van der Waals surface area contributed by atoms with Crippen LogP contribution in [0.15, 0.2) is 47.3 Å². The first-order chi connectivity index (χ1) is 12.1. The minimum atomic E-state index is 0.00159. The van der Waals surface area contributed by atoms with Crippen LogP contribution in [0.2, 0.25) is 5.02 Å². The van der Waals surface area contributed by atoms with Gasteiger partial charge in [-0.1, -0.05) is 35.9 Å². The predicted octanol–water partition coefficient (Wildman–Crippen LogP) is 3.47. The summed E-state index contributed by atoms with van der Waals surface area (Å²) >= 11 is 5.94. The van der Waals surface area contributed by atoms with Crippen molar-refractivity contribution in [2.45, 2.75) is 31.8 Å². The smallest absolute Gasteiger partial charge is 0.306 e. The van der Waals surface area contributed by atoms with E-state index in [-0.39, 0.29) is 5.69 Å². The fourth-order valence-corrected chi connectivity index (χ4v) is 3.95. The van der Waals surface area contributed by atoms with E-state index in [1.165, 1.54) is 11.1 Å². The Labute approximate surface area is 152 Å². The first-order valence-corrected chi connectivity index (χ1v) is 9.15. The number of halogens is 1. The molecular formula is C20H22ClN3O. The van der Waals surface area contributed by atoms with Crippen molar-refractivity contribution in [3.63, 3.8) is 0 Å². The van der Waals surface area contributed by atoms with E-state index in [9.17, 15) is 4.79 Å². The second kappa shape index (κ2) is 6.70. The van der Waals surface area contributed by atoms with E-state index in [2.05, 4.69) is 35.1 Å². The van der Waals surface area contributed by atoms with Gasteiger partial charge in [0, 0.05) is 17.6 Å². The molecule has 0 radical (unpaired) electrons. The van der Waals surface area contributed by atoms with Gasteiger partial charge in [0.1, 0.15) is 0 Å². The Hall–Kier alpha value is -2.04. The predicted molar refractivity (Wildman–Crippen MR) is 102 cm³/mol. The summed E-state index contributed by atoms with van der Waals surface area (Å²) in [6, 6.07) is 14.6. The number of likely N-dealkylation sites (N-methyl/N-ethyl adjacent to an activating group) is 1. The number of rotatable bonds is 5. The Bertz CT molecular complexity index is 942. The number of benzene rings is 2. The zero-order valence-corrected chi connectivity index (χ0v) is 15.1. The van der Waals surface area contributed by atoms with Crippen LogP contribution in [0, 0.1) is 0 Å². The number of imidazole rings is 1. The molecule has 1 aliphatic heterocycles. The fraction of sp³-hybridized carbons (Fsp3) is 0.350. The first-order valence-electron chi connectivity index (χ1n) is 8.77. The summed E-state index contributed by atoms with van der Waals surface area (Å²) in [5, 5.41) is 0.782. The summed E-state index contributed by atoms with van der Waals surface area (Å²) in [7, 11) is 2.16. The number of para-hydroxylation sites is 1. The summed E-state index contributed by atoms with van der Waals surface area (Å²) in [5.74, 6) is 0. The lowest BCUT2D eigenvalue weighted by Crippen LogP contribution is -2.42. The highest BCUT2D eigenvalue weighted by Crippen LogP contribution is 2.24. The Morgan fingerprint density at radius 2 is 2.04 bits per heavy atom. The van der Waals surface area contributed by atoms with Gasteiger partial charge in [-0.2, -0.15) is 0 Å². The zero-order valence-electron chi connectivity index (χ0n) is 14.3. The van der Waals surface area contributed by atoms with Gasteiger partial charge in [0.25, 0.3) is 0 Å². The molecule has 0 spiro atoms. The van der Waals surface area contributed by atoms with Crippen molar-refractivity contribution in [1.82, 2.24) is 14.5 Å². The Balaban J connectivity index is 1.42. The standard InChI is InChI=1S/C20H22ClN3O/c1-23(11-3-4-14-7-9-16(21)10-8-14)17-12-15-5-2-6-18-19(15)24(13-17)20(25)22-18/h2,5-10,17H,3-4,11-13H2,1H3,(H,22,25)/t17-/m1/s1. The van der Waals surface area contributed by atoms with Gasteiger partial charge in [-0.3, -0.25) is 4.57 Å². The monoisotopic (exact) mass is 355 g/mol. The van der Waals surface area contributed by atoms with E-state index in [0.717, 1.165) is 48.4 Å². The van der Waals surface area contributed by atoms with Crippen molar-refractivity contribution in [2.75, 3.05) is 13.6 Å². The van der Waals surface area contributed by atoms with Crippen LogP contribution in [0.5, 0.6) is 0 Å². The molecule has 0 saturated carbocycles. The zero-order chi connectivity index (χ0) is 17.4. The largest absolute Gasteiger partial charge is 0.326 e. The van der Waals surface area contributed by atoms with Crippen molar-refractivity contribution < 1.29 is 0 Å².